The first-order chi connectivity index (χ1) is 10.7. The number of aromatic nitrogens is 1. The number of nitrogens with zero attached hydrogens (tertiary/aromatic N) is 2. The quantitative estimate of drug-likeness (QED) is 0.717. The first-order valence-corrected chi connectivity index (χ1v) is 8.75. The molecule has 0 bridgehead atoms. The van der Waals surface area contributed by atoms with Crippen molar-refractivity contribution in [3.8, 4) is 0 Å². The van der Waals surface area contributed by atoms with Crippen molar-refractivity contribution in [1.29, 1.82) is 0 Å². The summed E-state index contributed by atoms with van der Waals surface area (Å²) in [6.07, 6.45) is 1.13. The summed E-state index contributed by atoms with van der Waals surface area (Å²) in [6.45, 7) is 8.07. The molecule has 1 unspecified atom stereocenters. The second-order valence-corrected chi connectivity index (χ2v) is 6.71. The van der Waals surface area contributed by atoms with Crippen LogP contribution < -0.4 is 11.1 Å². The Labute approximate surface area is 136 Å². The molecule has 1 aromatic rings. The van der Waals surface area contributed by atoms with Crippen LogP contribution in [0.5, 0.6) is 0 Å². The first kappa shape index (κ1) is 17.3. The Bertz CT molecular complexity index is 460. The van der Waals surface area contributed by atoms with Crippen molar-refractivity contribution in [3.63, 3.8) is 0 Å². The van der Waals surface area contributed by atoms with E-state index in [1.807, 2.05) is 5.38 Å². The zero-order valence-corrected chi connectivity index (χ0v) is 14.0. The second kappa shape index (κ2) is 9.19. The minimum Gasteiger partial charge on any atom is -0.379 e. The summed E-state index contributed by atoms with van der Waals surface area (Å²) < 4.78 is 5.34. The van der Waals surface area contributed by atoms with E-state index in [2.05, 4.69) is 22.1 Å². The van der Waals surface area contributed by atoms with Gasteiger partial charge in [-0.1, -0.05) is 6.92 Å². The van der Waals surface area contributed by atoms with E-state index in [0.717, 1.165) is 50.0 Å². The summed E-state index contributed by atoms with van der Waals surface area (Å²) in [7, 11) is 0. The first-order valence-electron chi connectivity index (χ1n) is 7.87. The highest BCUT2D eigenvalue weighted by Gasteiger charge is 2.14. The average molecular weight is 326 g/mol. The van der Waals surface area contributed by atoms with Gasteiger partial charge in [0.05, 0.1) is 30.3 Å². The molecule has 0 radical (unpaired) electrons. The van der Waals surface area contributed by atoms with E-state index in [4.69, 9.17) is 10.5 Å². The van der Waals surface area contributed by atoms with Gasteiger partial charge in [-0.25, -0.2) is 4.98 Å². The van der Waals surface area contributed by atoms with Crippen LogP contribution in [0, 0.1) is 5.92 Å². The van der Waals surface area contributed by atoms with Crippen LogP contribution in [-0.2, 0) is 22.4 Å². The third kappa shape index (κ3) is 6.00. The topological polar surface area (TPSA) is 80.5 Å². The molecule has 22 heavy (non-hydrogen) atoms. The fraction of sp³-hybridized carbons (Fsp3) is 0.733. The normalized spacial score (nSPS) is 17.4. The van der Waals surface area contributed by atoms with E-state index in [9.17, 15) is 4.79 Å². The van der Waals surface area contributed by atoms with Crippen molar-refractivity contribution in [1.82, 2.24) is 15.2 Å². The Balaban J connectivity index is 1.65. The van der Waals surface area contributed by atoms with Crippen LogP contribution in [0.25, 0.3) is 0 Å². The third-order valence-electron chi connectivity index (χ3n) is 3.62. The summed E-state index contributed by atoms with van der Waals surface area (Å²) in [5, 5.41) is 5.96. The maximum absolute atomic E-state index is 12.0. The Morgan fingerprint density at radius 2 is 2.32 bits per heavy atom. The van der Waals surface area contributed by atoms with Gasteiger partial charge in [-0.15, -0.1) is 11.3 Å². The van der Waals surface area contributed by atoms with Gasteiger partial charge >= 0.3 is 0 Å². The van der Waals surface area contributed by atoms with Crippen molar-refractivity contribution < 1.29 is 9.53 Å². The van der Waals surface area contributed by atoms with Crippen LogP contribution in [0.15, 0.2) is 5.38 Å². The molecule has 124 valence electrons. The lowest BCUT2D eigenvalue weighted by Gasteiger charge is -2.29. The summed E-state index contributed by atoms with van der Waals surface area (Å²) in [5.41, 5.74) is 6.34. The zero-order valence-electron chi connectivity index (χ0n) is 13.2. The molecule has 1 aliphatic rings. The van der Waals surface area contributed by atoms with Crippen molar-refractivity contribution in [2.75, 3.05) is 45.9 Å². The third-order valence-corrected chi connectivity index (χ3v) is 4.58. The van der Waals surface area contributed by atoms with Crippen LogP contribution in [0.3, 0.4) is 0 Å². The molecule has 1 aromatic heterocycles. The lowest BCUT2D eigenvalue weighted by molar-refractivity contribution is -0.120. The average Bonchev–Trinajstić information content (AvgIpc) is 2.94. The highest BCUT2D eigenvalue weighted by Crippen LogP contribution is 2.10. The minimum atomic E-state index is 0.0402. The van der Waals surface area contributed by atoms with E-state index >= 15 is 0 Å². The number of morpholine rings is 1. The maximum atomic E-state index is 12.0. The number of hydrogen-bond acceptors (Lipinski definition) is 6. The van der Waals surface area contributed by atoms with Gasteiger partial charge in [0, 0.05) is 38.0 Å². The summed E-state index contributed by atoms with van der Waals surface area (Å²) in [6, 6.07) is 0. The molecule has 1 fully saturated rings. The van der Waals surface area contributed by atoms with Gasteiger partial charge in [-0.3, -0.25) is 9.69 Å². The zero-order chi connectivity index (χ0) is 15.8. The second-order valence-electron chi connectivity index (χ2n) is 5.77. The minimum absolute atomic E-state index is 0.0402. The molecule has 1 atom stereocenters. The number of ether oxygens (including phenoxy) is 1. The highest BCUT2D eigenvalue weighted by atomic mass is 32.1. The molecule has 1 aliphatic heterocycles. The van der Waals surface area contributed by atoms with Gasteiger partial charge in [0.15, 0.2) is 0 Å². The van der Waals surface area contributed by atoms with Gasteiger partial charge in [0.1, 0.15) is 0 Å². The van der Waals surface area contributed by atoms with Gasteiger partial charge in [0.25, 0.3) is 0 Å². The van der Waals surface area contributed by atoms with Crippen molar-refractivity contribution in [3.05, 3.63) is 16.1 Å². The molecular weight excluding hydrogens is 300 g/mol. The monoisotopic (exact) mass is 326 g/mol. The summed E-state index contributed by atoms with van der Waals surface area (Å²) in [5.74, 6) is 0.476. The number of thiazole rings is 1. The number of rotatable bonds is 8. The number of carbonyl (C=O) groups excluding carboxylic acids is 1. The van der Waals surface area contributed by atoms with E-state index < -0.39 is 0 Å². The molecule has 2 rings (SSSR count). The standard InChI is InChI=1S/C15H26N4O2S/c1-12(10-19-4-6-21-7-5-19)9-17-14(20)8-13-11-22-15(18-13)2-3-16/h11-12H,2-10,16H2,1H3,(H,17,20). The number of hydrogen-bond donors (Lipinski definition) is 2. The molecule has 0 aromatic carbocycles. The number of carbonyl (C=O) groups is 1. The van der Waals surface area contributed by atoms with E-state index in [0.29, 0.717) is 25.4 Å². The lowest BCUT2D eigenvalue weighted by Crippen LogP contribution is -2.41. The molecule has 7 heteroatoms. The summed E-state index contributed by atoms with van der Waals surface area (Å²) >= 11 is 1.57. The molecule has 6 nitrogen and oxygen atoms in total. The molecular formula is C15H26N4O2S. The predicted octanol–water partition coefficient (Wildman–Crippen LogP) is 0.271. The molecule has 3 N–H and O–H groups in total. The lowest BCUT2D eigenvalue weighted by atomic mass is 10.1. The van der Waals surface area contributed by atoms with Crippen LogP contribution in [0.2, 0.25) is 0 Å². The Kier molecular flexibility index (Phi) is 7.24. The Morgan fingerprint density at radius 3 is 3.05 bits per heavy atom. The number of nitrogens with two attached hydrogens (primary N) is 1. The van der Waals surface area contributed by atoms with Crippen molar-refractivity contribution in [2.45, 2.75) is 19.8 Å². The molecule has 0 spiro atoms. The summed E-state index contributed by atoms with van der Waals surface area (Å²) in [4.78, 5) is 18.8. The molecule has 0 aliphatic carbocycles. The largest absolute Gasteiger partial charge is 0.379 e. The molecule has 0 saturated carbocycles. The van der Waals surface area contributed by atoms with E-state index in [-0.39, 0.29) is 5.91 Å². The van der Waals surface area contributed by atoms with Gasteiger partial charge in [-0.05, 0) is 12.5 Å². The predicted molar refractivity (Wildman–Crippen MR) is 88.0 cm³/mol. The number of nitrogens with one attached hydrogen (secondary N) is 1. The highest BCUT2D eigenvalue weighted by molar-refractivity contribution is 7.09. The molecule has 2 heterocycles. The van der Waals surface area contributed by atoms with Gasteiger partial charge < -0.3 is 15.8 Å². The fourth-order valence-electron chi connectivity index (χ4n) is 2.47. The van der Waals surface area contributed by atoms with Crippen molar-refractivity contribution in [2.24, 2.45) is 11.7 Å². The van der Waals surface area contributed by atoms with Crippen LogP contribution in [0.4, 0.5) is 0 Å². The van der Waals surface area contributed by atoms with Gasteiger partial charge in [0.2, 0.25) is 5.91 Å². The van der Waals surface area contributed by atoms with Crippen molar-refractivity contribution >= 4 is 17.2 Å². The van der Waals surface area contributed by atoms with Crippen LogP contribution in [-0.4, -0.2) is 61.7 Å². The fourth-order valence-corrected chi connectivity index (χ4v) is 3.29. The van der Waals surface area contributed by atoms with Crippen LogP contribution >= 0.6 is 11.3 Å². The van der Waals surface area contributed by atoms with Gasteiger partial charge in [-0.2, -0.15) is 0 Å². The maximum Gasteiger partial charge on any atom is 0.226 e. The Hall–Kier alpha value is -1.02. The molecule has 1 amide bonds. The number of amides is 1. The molecule has 1 saturated heterocycles. The Morgan fingerprint density at radius 1 is 1.55 bits per heavy atom. The van der Waals surface area contributed by atoms with Crippen LogP contribution in [0.1, 0.15) is 17.6 Å². The SMILES string of the molecule is CC(CNC(=O)Cc1csc(CCN)n1)CN1CCOCC1. The van der Waals surface area contributed by atoms with E-state index in [1.54, 1.807) is 11.3 Å². The smallest absolute Gasteiger partial charge is 0.226 e. The van der Waals surface area contributed by atoms with E-state index in [1.165, 1.54) is 0 Å².